The fraction of sp³-hybridized carbons (Fsp3) is 0.182. The SMILES string of the molecule is CC(Nc1cc(N)ns1)c1cccc(Cl)c1. The summed E-state index contributed by atoms with van der Waals surface area (Å²) in [7, 11) is 0. The van der Waals surface area contributed by atoms with E-state index in [4.69, 9.17) is 17.3 Å². The van der Waals surface area contributed by atoms with Crippen molar-refractivity contribution in [3.63, 3.8) is 0 Å². The molecule has 1 unspecified atom stereocenters. The highest BCUT2D eigenvalue weighted by molar-refractivity contribution is 7.10. The topological polar surface area (TPSA) is 50.9 Å². The van der Waals surface area contributed by atoms with E-state index in [9.17, 15) is 0 Å². The predicted molar refractivity (Wildman–Crippen MR) is 70.0 cm³/mol. The average molecular weight is 254 g/mol. The first kappa shape index (κ1) is 11.2. The molecule has 5 heteroatoms. The third kappa shape index (κ3) is 2.65. The minimum absolute atomic E-state index is 0.179. The van der Waals surface area contributed by atoms with E-state index in [-0.39, 0.29) is 6.04 Å². The monoisotopic (exact) mass is 253 g/mol. The van der Waals surface area contributed by atoms with Crippen molar-refractivity contribution in [1.29, 1.82) is 0 Å². The lowest BCUT2D eigenvalue weighted by Gasteiger charge is -2.13. The summed E-state index contributed by atoms with van der Waals surface area (Å²) in [5, 5.41) is 5.03. The molecule has 2 rings (SSSR count). The van der Waals surface area contributed by atoms with Gasteiger partial charge in [-0.3, -0.25) is 0 Å². The zero-order valence-corrected chi connectivity index (χ0v) is 10.3. The Morgan fingerprint density at radius 2 is 2.25 bits per heavy atom. The second-order valence-corrected chi connectivity index (χ2v) is 4.78. The summed E-state index contributed by atoms with van der Waals surface area (Å²) in [5.41, 5.74) is 6.69. The van der Waals surface area contributed by atoms with Gasteiger partial charge < -0.3 is 11.1 Å². The van der Waals surface area contributed by atoms with Gasteiger partial charge in [0.05, 0.1) is 0 Å². The van der Waals surface area contributed by atoms with Gasteiger partial charge in [-0.1, -0.05) is 23.7 Å². The van der Waals surface area contributed by atoms with Gasteiger partial charge in [-0.25, -0.2) is 0 Å². The van der Waals surface area contributed by atoms with Crippen molar-refractivity contribution in [1.82, 2.24) is 4.37 Å². The maximum absolute atomic E-state index is 5.94. The number of hydrogen-bond acceptors (Lipinski definition) is 4. The molecule has 0 aliphatic rings. The molecule has 0 saturated carbocycles. The van der Waals surface area contributed by atoms with Crippen LogP contribution in [0, 0.1) is 0 Å². The van der Waals surface area contributed by atoms with E-state index in [1.165, 1.54) is 11.5 Å². The molecule has 3 nitrogen and oxygen atoms in total. The van der Waals surface area contributed by atoms with Crippen LogP contribution in [-0.4, -0.2) is 4.37 Å². The Hall–Kier alpha value is -1.26. The van der Waals surface area contributed by atoms with Crippen LogP contribution in [0.1, 0.15) is 18.5 Å². The number of nitrogens with two attached hydrogens (primary N) is 1. The smallest absolute Gasteiger partial charge is 0.139 e. The third-order valence-electron chi connectivity index (χ3n) is 2.24. The summed E-state index contributed by atoms with van der Waals surface area (Å²) in [5.74, 6) is 0.547. The minimum atomic E-state index is 0.179. The molecule has 1 aromatic carbocycles. The first-order chi connectivity index (χ1) is 7.65. The number of halogens is 1. The highest BCUT2D eigenvalue weighted by atomic mass is 35.5. The zero-order valence-electron chi connectivity index (χ0n) is 8.77. The van der Waals surface area contributed by atoms with Crippen molar-refractivity contribution in [2.75, 3.05) is 11.1 Å². The van der Waals surface area contributed by atoms with Crippen LogP contribution in [-0.2, 0) is 0 Å². The Labute approximate surface area is 103 Å². The first-order valence-electron chi connectivity index (χ1n) is 4.89. The maximum atomic E-state index is 5.94. The van der Waals surface area contributed by atoms with Crippen LogP contribution < -0.4 is 11.1 Å². The number of hydrogen-bond donors (Lipinski definition) is 2. The summed E-state index contributed by atoms with van der Waals surface area (Å²) < 4.78 is 4.01. The van der Waals surface area contributed by atoms with Gasteiger partial charge in [-0.05, 0) is 36.2 Å². The Morgan fingerprint density at radius 3 is 2.88 bits per heavy atom. The van der Waals surface area contributed by atoms with Gasteiger partial charge in [0.2, 0.25) is 0 Å². The van der Waals surface area contributed by atoms with Crippen molar-refractivity contribution in [2.45, 2.75) is 13.0 Å². The van der Waals surface area contributed by atoms with E-state index in [0.717, 1.165) is 15.6 Å². The first-order valence-corrected chi connectivity index (χ1v) is 6.04. The highest BCUT2D eigenvalue weighted by Gasteiger charge is 2.07. The van der Waals surface area contributed by atoms with Crippen LogP contribution in [0.15, 0.2) is 30.3 Å². The molecule has 1 atom stereocenters. The molecule has 3 N–H and O–H groups in total. The average Bonchev–Trinajstić information content (AvgIpc) is 2.64. The van der Waals surface area contributed by atoms with Gasteiger partial charge in [0, 0.05) is 17.1 Å². The molecule has 0 radical (unpaired) electrons. The minimum Gasteiger partial charge on any atom is -0.383 e. The number of nitrogen functional groups attached to an aromatic ring is 1. The Bertz CT molecular complexity index is 484. The van der Waals surface area contributed by atoms with E-state index in [1.807, 2.05) is 30.3 Å². The summed E-state index contributed by atoms with van der Waals surface area (Å²) >= 11 is 7.30. The van der Waals surface area contributed by atoms with E-state index < -0.39 is 0 Å². The van der Waals surface area contributed by atoms with E-state index in [0.29, 0.717) is 5.82 Å². The second-order valence-electron chi connectivity index (χ2n) is 3.54. The highest BCUT2D eigenvalue weighted by Crippen LogP contribution is 2.25. The fourth-order valence-electron chi connectivity index (χ4n) is 1.43. The third-order valence-corrected chi connectivity index (χ3v) is 3.21. The zero-order chi connectivity index (χ0) is 11.5. The van der Waals surface area contributed by atoms with Crippen molar-refractivity contribution >= 4 is 34.0 Å². The lowest BCUT2D eigenvalue weighted by molar-refractivity contribution is 0.890. The Morgan fingerprint density at radius 1 is 1.44 bits per heavy atom. The maximum Gasteiger partial charge on any atom is 0.139 e. The number of nitrogens with one attached hydrogen (secondary N) is 1. The number of aromatic nitrogens is 1. The molecule has 0 bridgehead atoms. The van der Waals surface area contributed by atoms with Gasteiger partial charge in [0.25, 0.3) is 0 Å². The van der Waals surface area contributed by atoms with Crippen molar-refractivity contribution < 1.29 is 0 Å². The molecule has 1 heterocycles. The molecule has 0 fully saturated rings. The summed E-state index contributed by atoms with van der Waals surface area (Å²) in [6, 6.07) is 9.79. The molecule has 0 amide bonds. The van der Waals surface area contributed by atoms with Crippen molar-refractivity contribution in [3.05, 3.63) is 40.9 Å². The molecular weight excluding hydrogens is 242 g/mol. The van der Waals surface area contributed by atoms with Crippen molar-refractivity contribution in [3.8, 4) is 0 Å². The van der Waals surface area contributed by atoms with E-state index in [2.05, 4.69) is 16.6 Å². The fourth-order valence-corrected chi connectivity index (χ4v) is 2.29. The summed E-state index contributed by atoms with van der Waals surface area (Å²) in [6.45, 7) is 2.07. The molecule has 2 aromatic rings. The van der Waals surface area contributed by atoms with E-state index >= 15 is 0 Å². The lowest BCUT2D eigenvalue weighted by atomic mass is 10.1. The molecule has 84 valence electrons. The molecular formula is C11H12ClN3S. The standard InChI is InChI=1S/C11H12ClN3S/c1-7(8-3-2-4-9(12)5-8)14-11-6-10(13)15-16-11/h2-7,14H,1H3,(H2,13,15). The number of benzene rings is 1. The van der Waals surface area contributed by atoms with E-state index in [1.54, 1.807) is 0 Å². The van der Waals surface area contributed by atoms with Gasteiger partial charge in [0.15, 0.2) is 0 Å². The molecule has 0 saturated heterocycles. The van der Waals surface area contributed by atoms with Crippen molar-refractivity contribution in [2.24, 2.45) is 0 Å². The molecule has 0 aliphatic heterocycles. The van der Waals surface area contributed by atoms with Gasteiger partial charge in [-0.15, -0.1) is 0 Å². The van der Waals surface area contributed by atoms with Crippen LogP contribution in [0.5, 0.6) is 0 Å². The van der Waals surface area contributed by atoms with Crippen LogP contribution in [0.3, 0.4) is 0 Å². The van der Waals surface area contributed by atoms with Gasteiger partial charge in [0.1, 0.15) is 10.8 Å². The quantitative estimate of drug-likeness (QED) is 0.880. The lowest BCUT2D eigenvalue weighted by Crippen LogP contribution is -2.05. The largest absolute Gasteiger partial charge is 0.383 e. The van der Waals surface area contributed by atoms with Crippen LogP contribution in [0.4, 0.5) is 10.8 Å². The molecule has 16 heavy (non-hydrogen) atoms. The van der Waals surface area contributed by atoms with Crippen LogP contribution in [0.25, 0.3) is 0 Å². The number of nitrogens with zero attached hydrogens (tertiary/aromatic N) is 1. The van der Waals surface area contributed by atoms with Crippen LogP contribution in [0.2, 0.25) is 5.02 Å². The Kier molecular flexibility index (Phi) is 3.31. The predicted octanol–water partition coefficient (Wildman–Crippen LogP) is 3.55. The van der Waals surface area contributed by atoms with Gasteiger partial charge >= 0.3 is 0 Å². The molecule has 1 aromatic heterocycles. The Balaban J connectivity index is 2.11. The normalized spacial score (nSPS) is 12.4. The van der Waals surface area contributed by atoms with Gasteiger partial charge in [-0.2, -0.15) is 4.37 Å². The summed E-state index contributed by atoms with van der Waals surface area (Å²) in [4.78, 5) is 0. The molecule has 0 spiro atoms. The summed E-state index contributed by atoms with van der Waals surface area (Å²) in [6.07, 6.45) is 0. The number of rotatable bonds is 3. The van der Waals surface area contributed by atoms with Crippen LogP contribution >= 0.6 is 23.1 Å². The number of anilines is 2. The second kappa shape index (κ2) is 4.72. The molecule has 0 aliphatic carbocycles.